The Labute approximate surface area is 216 Å². The van der Waals surface area contributed by atoms with E-state index in [0.29, 0.717) is 31.6 Å². The van der Waals surface area contributed by atoms with Crippen molar-refractivity contribution in [1.82, 2.24) is 10.2 Å². The summed E-state index contributed by atoms with van der Waals surface area (Å²) in [6.07, 6.45) is -0.491. The van der Waals surface area contributed by atoms with Crippen LogP contribution in [0.3, 0.4) is 0 Å². The van der Waals surface area contributed by atoms with Crippen LogP contribution in [-0.2, 0) is 5.41 Å². The van der Waals surface area contributed by atoms with Crippen LogP contribution in [0, 0.1) is 9.49 Å². The Morgan fingerprint density at radius 1 is 1.06 bits per heavy atom. The molecule has 0 unspecified atom stereocenters. The quantitative estimate of drug-likeness (QED) is 0.302. The molecule has 7 heteroatoms. The normalized spacial score (nSPS) is 16.9. The topological polar surface area (TPSA) is 54.0 Å². The van der Waals surface area contributed by atoms with E-state index < -0.39 is 6.10 Å². The summed E-state index contributed by atoms with van der Waals surface area (Å²) in [5.41, 5.74) is 2.27. The number of ether oxygens (including phenoxy) is 2. The van der Waals surface area contributed by atoms with Gasteiger partial charge < -0.3 is 19.9 Å². The summed E-state index contributed by atoms with van der Waals surface area (Å²) < 4.78 is 12.9. The maximum Gasteiger partial charge on any atom is 0.132 e. The highest BCUT2D eigenvalue weighted by Gasteiger charge is 2.24. The minimum absolute atomic E-state index is 0.164. The average molecular weight is 583 g/mol. The molecule has 3 rings (SSSR count). The van der Waals surface area contributed by atoms with E-state index in [1.807, 2.05) is 12.1 Å². The van der Waals surface area contributed by atoms with Crippen LogP contribution in [0.4, 0.5) is 0 Å². The van der Waals surface area contributed by atoms with Gasteiger partial charge in [0.15, 0.2) is 0 Å². The van der Waals surface area contributed by atoms with E-state index in [-0.39, 0.29) is 5.41 Å². The second kappa shape index (κ2) is 12.6. The van der Waals surface area contributed by atoms with Crippen LogP contribution in [-0.4, -0.2) is 67.9 Å². The van der Waals surface area contributed by atoms with Crippen LogP contribution < -0.4 is 14.8 Å². The van der Waals surface area contributed by atoms with Gasteiger partial charge in [-0.3, -0.25) is 4.90 Å². The lowest BCUT2D eigenvalue weighted by Crippen LogP contribution is -2.47. The number of alkyl halides is 1. The zero-order valence-electron chi connectivity index (χ0n) is 19.8. The van der Waals surface area contributed by atoms with Crippen LogP contribution in [0.5, 0.6) is 11.5 Å². The molecule has 0 saturated carbocycles. The summed E-state index contributed by atoms with van der Waals surface area (Å²) in [5, 5.41) is 13.6. The number of rotatable bonds is 11. The number of aliphatic hydroxyl groups excluding tert-OH is 1. The molecular formula is C26H36ClIN2O3. The lowest BCUT2D eigenvalue weighted by Gasteiger charge is -2.29. The van der Waals surface area contributed by atoms with E-state index in [9.17, 15) is 5.11 Å². The van der Waals surface area contributed by atoms with Gasteiger partial charge in [-0.25, -0.2) is 0 Å². The number of nitrogens with one attached hydrogen (secondary N) is 1. The first-order valence-corrected chi connectivity index (χ1v) is 13.2. The smallest absolute Gasteiger partial charge is 0.132 e. The predicted molar refractivity (Wildman–Crippen MR) is 144 cm³/mol. The number of nitrogens with zero attached hydrogens (tertiary/aromatic N) is 1. The van der Waals surface area contributed by atoms with Crippen molar-refractivity contribution >= 4 is 34.2 Å². The fourth-order valence-electron chi connectivity index (χ4n) is 3.85. The van der Waals surface area contributed by atoms with Gasteiger partial charge in [-0.2, -0.15) is 0 Å². The molecule has 0 bridgehead atoms. The molecule has 2 N–H and O–H groups in total. The number of halogens is 2. The van der Waals surface area contributed by atoms with Gasteiger partial charge in [0.1, 0.15) is 24.2 Å². The number of hydrogen-bond donors (Lipinski definition) is 2. The van der Waals surface area contributed by atoms with E-state index in [1.165, 1.54) is 11.1 Å². The highest BCUT2D eigenvalue weighted by atomic mass is 123. The largest absolute Gasteiger partial charge is 0.492 e. The first kappa shape index (κ1) is 26.5. The van der Waals surface area contributed by atoms with Crippen LogP contribution in [0.2, 0.25) is 0 Å². The molecular weight excluding hydrogens is 547 g/mol. The van der Waals surface area contributed by atoms with Gasteiger partial charge in [-0.1, -0.05) is 39.0 Å². The molecule has 1 fully saturated rings. The van der Waals surface area contributed by atoms with Crippen LogP contribution >= 0.6 is 34.2 Å². The van der Waals surface area contributed by atoms with Crippen LogP contribution in [0.1, 0.15) is 31.9 Å². The third-order valence-corrected chi connectivity index (χ3v) is 7.51. The zero-order chi connectivity index (χ0) is 23.8. The van der Waals surface area contributed by atoms with Crippen molar-refractivity contribution in [1.29, 1.82) is 0 Å². The van der Waals surface area contributed by atoms with Crippen molar-refractivity contribution in [2.75, 3.05) is 51.8 Å². The average Bonchev–Trinajstić information content (AvgIpc) is 2.82. The summed E-state index contributed by atoms with van der Waals surface area (Å²) in [4.78, 5) is 2.27. The second-order valence-electron chi connectivity index (χ2n) is 9.38. The van der Waals surface area contributed by atoms with Gasteiger partial charge in [-0.15, -0.1) is 11.6 Å². The minimum atomic E-state index is -0.491. The number of benzene rings is 2. The molecule has 2 aromatic carbocycles. The number of aliphatic hydroxyl groups is 1. The fraction of sp³-hybridized carbons (Fsp3) is 0.538. The molecule has 0 aromatic heterocycles. The molecule has 33 heavy (non-hydrogen) atoms. The minimum Gasteiger partial charge on any atom is -0.492 e. The Kier molecular flexibility index (Phi) is 10.1. The van der Waals surface area contributed by atoms with Gasteiger partial charge in [0.05, 0.1) is 10.2 Å². The van der Waals surface area contributed by atoms with Crippen LogP contribution in [0.15, 0.2) is 42.5 Å². The van der Waals surface area contributed by atoms with E-state index in [1.54, 1.807) is 0 Å². The molecule has 2 aromatic rings. The first-order valence-electron chi connectivity index (χ1n) is 11.6. The summed E-state index contributed by atoms with van der Waals surface area (Å²) in [5.74, 6) is 2.59. The lowest BCUT2D eigenvalue weighted by atomic mass is 9.78. The molecule has 0 radical (unpaired) electrons. The van der Waals surface area contributed by atoms with Gasteiger partial charge >= 0.3 is 0 Å². The van der Waals surface area contributed by atoms with Gasteiger partial charge in [0.2, 0.25) is 0 Å². The maximum atomic E-state index is 10.3. The highest BCUT2D eigenvalue weighted by Crippen LogP contribution is 2.35. The third-order valence-electron chi connectivity index (χ3n) is 6.14. The van der Waals surface area contributed by atoms with E-state index in [2.05, 4.69) is 83.9 Å². The molecule has 5 nitrogen and oxygen atoms in total. The van der Waals surface area contributed by atoms with Crippen molar-refractivity contribution in [3.63, 3.8) is 0 Å². The van der Waals surface area contributed by atoms with Crippen molar-refractivity contribution in [2.24, 2.45) is 5.92 Å². The van der Waals surface area contributed by atoms with Crippen molar-refractivity contribution in [3.8, 4) is 11.5 Å². The molecule has 0 spiro atoms. The lowest BCUT2D eigenvalue weighted by molar-refractivity contribution is 0.0641. The number of β-amino-alcohol motifs (C(OH)–C–C–N with tert-alkyl or cyclic N) is 1. The second-order valence-corrected chi connectivity index (χ2v) is 10.9. The molecule has 1 heterocycles. The molecule has 182 valence electrons. The van der Waals surface area contributed by atoms with Crippen molar-refractivity contribution in [2.45, 2.75) is 32.3 Å². The number of piperazine rings is 1. The monoisotopic (exact) mass is 582 g/mol. The Bertz CT molecular complexity index is 872. The fourth-order valence-corrected chi connectivity index (χ4v) is 4.61. The Morgan fingerprint density at radius 2 is 1.73 bits per heavy atom. The van der Waals surface area contributed by atoms with Crippen molar-refractivity contribution in [3.05, 3.63) is 57.2 Å². The first-order chi connectivity index (χ1) is 15.8. The third kappa shape index (κ3) is 7.72. The van der Waals surface area contributed by atoms with Crippen LogP contribution in [0.25, 0.3) is 0 Å². The van der Waals surface area contributed by atoms with E-state index in [4.69, 9.17) is 21.1 Å². The SMILES string of the molecule is C[C@@H](CCl)COc1ccc(C(C)(C)c2ccc(OC[C@@H](O)CN3CCNCC3)cc2)cc1[123I]. The molecule has 2 atom stereocenters. The predicted octanol–water partition coefficient (Wildman–Crippen LogP) is 4.52. The van der Waals surface area contributed by atoms with E-state index in [0.717, 1.165) is 41.2 Å². The Morgan fingerprint density at radius 3 is 2.36 bits per heavy atom. The van der Waals surface area contributed by atoms with Gasteiger partial charge in [-0.05, 0) is 58.0 Å². The molecule has 1 aliphatic rings. The summed E-state index contributed by atoms with van der Waals surface area (Å²) in [7, 11) is 0. The molecule has 1 aliphatic heterocycles. The van der Waals surface area contributed by atoms with Gasteiger partial charge in [0.25, 0.3) is 0 Å². The Balaban J connectivity index is 1.57. The van der Waals surface area contributed by atoms with Crippen molar-refractivity contribution < 1.29 is 14.6 Å². The highest BCUT2D eigenvalue weighted by molar-refractivity contribution is 14.1. The van der Waals surface area contributed by atoms with Gasteiger partial charge in [0, 0.05) is 49.9 Å². The molecule has 1 saturated heterocycles. The Hall–Kier alpha value is -1.06. The standard InChI is InChI=1S/C26H36ClIN2O3/c1-19(15-27)17-33-25-9-6-21(14-24(25)28)26(2,3)20-4-7-23(8-5-20)32-18-22(31)16-30-12-10-29-11-13-30/h4-9,14,19,22,29,31H,10-13,15-18H2,1-3H3/t19-,22-/m0/s1/i28-4. The molecule has 0 amide bonds. The summed E-state index contributed by atoms with van der Waals surface area (Å²) in [6, 6.07) is 14.6. The summed E-state index contributed by atoms with van der Waals surface area (Å²) in [6.45, 7) is 12.0. The molecule has 0 aliphatic carbocycles. The maximum absolute atomic E-state index is 10.3. The van der Waals surface area contributed by atoms with E-state index >= 15 is 0 Å². The zero-order valence-corrected chi connectivity index (χ0v) is 22.7. The number of hydrogen-bond acceptors (Lipinski definition) is 5. The summed E-state index contributed by atoms with van der Waals surface area (Å²) >= 11 is 8.23.